The summed E-state index contributed by atoms with van der Waals surface area (Å²) in [6.45, 7) is 0. The number of fused-ring (bicyclic) bond motifs is 1. The van der Waals surface area contributed by atoms with Gasteiger partial charge in [0.05, 0.1) is 26.8 Å². The summed E-state index contributed by atoms with van der Waals surface area (Å²) in [6.07, 6.45) is 0. The molecule has 0 saturated carbocycles. The number of H-pyrrole nitrogens is 1. The molecule has 2 aromatic carbocycles. The number of aromatic amines is 1. The van der Waals surface area contributed by atoms with E-state index in [1.807, 2.05) is 22.8 Å². The van der Waals surface area contributed by atoms with E-state index in [4.69, 9.17) is 35.4 Å². The molecule has 7 heteroatoms. The van der Waals surface area contributed by atoms with Crippen LogP contribution in [0.15, 0.2) is 39.3 Å². The Kier molecular flexibility index (Phi) is 3.99. The van der Waals surface area contributed by atoms with Gasteiger partial charge in [0.25, 0.3) is 0 Å². The van der Waals surface area contributed by atoms with Crippen molar-refractivity contribution < 1.29 is 0 Å². The molecule has 102 valence electrons. The van der Waals surface area contributed by atoms with Crippen LogP contribution in [0.4, 0.5) is 0 Å². The summed E-state index contributed by atoms with van der Waals surface area (Å²) in [5.74, 6) is 0. The van der Waals surface area contributed by atoms with Crippen molar-refractivity contribution in [2.75, 3.05) is 0 Å². The Morgan fingerprint density at radius 3 is 2.50 bits per heavy atom. The van der Waals surface area contributed by atoms with Gasteiger partial charge in [-0.05, 0) is 58.5 Å². The average Bonchev–Trinajstić information content (AvgIpc) is 2.69. The Morgan fingerprint density at radius 1 is 1.05 bits per heavy atom. The van der Waals surface area contributed by atoms with Gasteiger partial charge in [0.15, 0.2) is 4.77 Å². The highest BCUT2D eigenvalue weighted by atomic mass is 79.9. The lowest BCUT2D eigenvalue weighted by atomic mass is 10.3. The normalized spacial score (nSPS) is 11.2. The van der Waals surface area contributed by atoms with Gasteiger partial charge in [-0.3, -0.25) is 4.57 Å². The van der Waals surface area contributed by atoms with Gasteiger partial charge in [0, 0.05) is 8.95 Å². The maximum atomic E-state index is 6.11. The second-order valence-electron chi connectivity index (χ2n) is 4.14. The van der Waals surface area contributed by atoms with E-state index < -0.39 is 0 Å². The fraction of sp³-hybridized carbons (Fsp3) is 0. The Bertz CT molecular complexity index is 886. The lowest BCUT2D eigenvalue weighted by molar-refractivity contribution is 1.06. The molecular weight excluding hydrogens is 447 g/mol. The minimum atomic E-state index is 0.494. The van der Waals surface area contributed by atoms with Gasteiger partial charge < -0.3 is 4.98 Å². The van der Waals surface area contributed by atoms with Crippen molar-refractivity contribution >= 4 is 78.3 Å². The molecule has 0 unspecified atom stereocenters. The van der Waals surface area contributed by atoms with E-state index in [0.717, 1.165) is 25.7 Å². The van der Waals surface area contributed by atoms with Crippen LogP contribution < -0.4 is 0 Å². The Hall–Kier alpha value is -0.330. The van der Waals surface area contributed by atoms with E-state index in [2.05, 4.69) is 36.8 Å². The SMILES string of the molecule is S=c1[nH]c2cc(Cl)c(Cl)cc2n1-c1cc(Br)ccc1Br. The van der Waals surface area contributed by atoms with Gasteiger partial charge >= 0.3 is 0 Å². The van der Waals surface area contributed by atoms with Crippen LogP contribution >= 0.6 is 67.3 Å². The second kappa shape index (κ2) is 5.46. The molecule has 0 amide bonds. The fourth-order valence-electron chi connectivity index (χ4n) is 2.00. The molecule has 20 heavy (non-hydrogen) atoms. The predicted octanol–water partition coefficient (Wildman–Crippen LogP) is 6.52. The third kappa shape index (κ3) is 2.46. The predicted molar refractivity (Wildman–Crippen MR) is 93.9 cm³/mol. The summed E-state index contributed by atoms with van der Waals surface area (Å²) in [4.78, 5) is 3.14. The van der Waals surface area contributed by atoms with Crippen LogP contribution in [0.1, 0.15) is 0 Å². The number of imidazole rings is 1. The van der Waals surface area contributed by atoms with Crippen molar-refractivity contribution in [3.05, 3.63) is 54.1 Å². The molecule has 3 rings (SSSR count). The minimum absolute atomic E-state index is 0.494. The van der Waals surface area contributed by atoms with Crippen LogP contribution in [-0.2, 0) is 0 Å². The Morgan fingerprint density at radius 2 is 1.75 bits per heavy atom. The molecule has 0 fully saturated rings. The number of nitrogens with one attached hydrogen (secondary N) is 1. The molecule has 0 aliphatic carbocycles. The first kappa shape index (κ1) is 14.6. The first-order valence-electron chi connectivity index (χ1n) is 5.52. The molecule has 0 bridgehead atoms. The smallest absolute Gasteiger partial charge is 0.182 e. The van der Waals surface area contributed by atoms with Crippen LogP contribution in [0.25, 0.3) is 16.7 Å². The monoisotopic (exact) mass is 450 g/mol. The number of aromatic nitrogens is 2. The highest BCUT2D eigenvalue weighted by Crippen LogP contribution is 2.32. The first-order valence-corrected chi connectivity index (χ1v) is 8.27. The molecule has 0 aliphatic rings. The second-order valence-corrected chi connectivity index (χ2v) is 7.12. The maximum absolute atomic E-state index is 6.11. The molecule has 0 spiro atoms. The van der Waals surface area contributed by atoms with Gasteiger partial charge in [0.2, 0.25) is 0 Å². The highest BCUT2D eigenvalue weighted by Gasteiger charge is 2.12. The van der Waals surface area contributed by atoms with Gasteiger partial charge in [-0.25, -0.2) is 0 Å². The molecule has 1 N–H and O–H groups in total. The highest BCUT2D eigenvalue weighted by molar-refractivity contribution is 9.11. The average molecular weight is 453 g/mol. The summed E-state index contributed by atoms with van der Waals surface area (Å²) in [5.41, 5.74) is 2.65. The quantitative estimate of drug-likeness (QED) is 0.417. The van der Waals surface area contributed by atoms with Crippen molar-refractivity contribution in [1.29, 1.82) is 0 Å². The number of hydrogen-bond donors (Lipinski definition) is 1. The van der Waals surface area contributed by atoms with Crippen molar-refractivity contribution in [3.8, 4) is 5.69 Å². The number of nitrogens with zero attached hydrogens (tertiary/aromatic N) is 1. The van der Waals surface area contributed by atoms with Crippen molar-refractivity contribution in [1.82, 2.24) is 9.55 Å². The standard InChI is InChI=1S/C13H6Br2Cl2N2S/c14-6-1-2-7(15)11(3-6)19-12-5-9(17)8(16)4-10(12)18-13(19)20/h1-5H,(H,18,20). The molecule has 2 nitrogen and oxygen atoms in total. The molecule has 1 heterocycles. The summed E-state index contributed by atoms with van der Waals surface area (Å²) >= 11 is 24.6. The lowest BCUT2D eigenvalue weighted by Crippen LogP contribution is -1.95. The van der Waals surface area contributed by atoms with Gasteiger partial charge in [-0.15, -0.1) is 0 Å². The summed E-state index contributed by atoms with van der Waals surface area (Å²) < 4.78 is 4.40. The van der Waals surface area contributed by atoms with Crippen LogP contribution in [-0.4, -0.2) is 9.55 Å². The third-order valence-electron chi connectivity index (χ3n) is 2.87. The van der Waals surface area contributed by atoms with E-state index in [0.29, 0.717) is 14.8 Å². The van der Waals surface area contributed by atoms with Gasteiger partial charge in [-0.1, -0.05) is 39.1 Å². The van der Waals surface area contributed by atoms with Gasteiger partial charge in [-0.2, -0.15) is 0 Å². The third-order valence-corrected chi connectivity index (χ3v) is 5.04. The van der Waals surface area contributed by atoms with Gasteiger partial charge in [0.1, 0.15) is 0 Å². The molecule has 0 atom stereocenters. The number of rotatable bonds is 1. The zero-order valence-corrected chi connectivity index (χ0v) is 15.3. The van der Waals surface area contributed by atoms with Crippen molar-refractivity contribution in [2.45, 2.75) is 0 Å². The summed E-state index contributed by atoms with van der Waals surface area (Å²) in [6, 6.07) is 9.47. The minimum Gasteiger partial charge on any atom is -0.330 e. The van der Waals surface area contributed by atoms with Crippen LogP contribution in [0.2, 0.25) is 10.0 Å². The van der Waals surface area contributed by atoms with E-state index in [9.17, 15) is 0 Å². The van der Waals surface area contributed by atoms with E-state index >= 15 is 0 Å². The molecule has 0 saturated heterocycles. The molecule has 3 aromatic rings. The Labute approximate surface area is 147 Å². The number of hydrogen-bond acceptors (Lipinski definition) is 1. The molecule has 0 aliphatic heterocycles. The lowest BCUT2D eigenvalue weighted by Gasteiger charge is -2.08. The first-order chi connectivity index (χ1) is 9.47. The van der Waals surface area contributed by atoms with Crippen molar-refractivity contribution in [2.24, 2.45) is 0 Å². The largest absolute Gasteiger partial charge is 0.330 e. The molecular formula is C13H6Br2Cl2N2S. The zero-order chi connectivity index (χ0) is 14.4. The number of halogens is 4. The Balaban J connectivity index is 2.42. The van der Waals surface area contributed by atoms with E-state index in [1.165, 1.54) is 0 Å². The van der Waals surface area contributed by atoms with Crippen LogP contribution in [0, 0.1) is 4.77 Å². The van der Waals surface area contributed by atoms with Crippen molar-refractivity contribution in [3.63, 3.8) is 0 Å². The fourth-order valence-corrected chi connectivity index (χ4v) is 3.40. The molecule has 0 radical (unpaired) electrons. The summed E-state index contributed by atoms with van der Waals surface area (Å²) in [5, 5.41) is 0.990. The summed E-state index contributed by atoms with van der Waals surface area (Å²) in [7, 11) is 0. The maximum Gasteiger partial charge on any atom is 0.182 e. The van der Waals surface area contributed by atoms with Crippen LogP contribution in [0.3, 0.4) is 0 Å². The topological polar surface area (TPSA) is 20.7 Å². The zero-order valence-electron chi connectivity index (χ0n) is 9.75. The van der Waals surface area contributed by atoms with E-state index in [1.54, 1.807) is 12.1 Å². The van der Waals surface area contributed by atoms with Crippen LogP contribution in [0.5, 0.6) is 0 Å². The number of benzene rings is 2. The van der Waals surface area contributed by atoms with E-state index in [-0.39, 0.29) is 0 Å². The molecule has 1 aromatic heterocycles.